The summed E-state index contributed by atoms with van der Waals surface area (Å²) in [4.78, 5) is 24.1. The van der Waals surface area contributed by atoms with Gasteiger partial charge in [0.1, 0.15) is 5.69 Å². The first-order valence-corrected chi connectivity index (χ1v) is 8.44. The highest BCUT2D eigenvalue weighted by Gasteiger charge is 2.26. The number of carbonyl (C=O) groups excluding carboxylic acids is 1. The number of rotatable bonds is 1. The number of aryl methyl sites for hydroxylation is 1. The van der Waals surface area contributed by atoms with E-state index in [1.54, 1.807) is 22.9 Å². The van der Waals surface area contributed by atoms with Gasteiger partial charge in [0, 0.05) is 28.4 Å². The van der Waals surface area contributed by atoms with E-state index in [9.17, 15) is 4.79 Å². The van der Waals surface area contributed by atoms with Crippen LogP contribution in [-0.2, 0) is 0 Å². The largest absolute Gasteiger partial charge is 0.305 e. The average molecular weight is 334 g/mol. The van der Waals surface area contributed by atoms with E-state index >= 15 is 0 Å². The lowest BCUT2D eigenvalue weighted by atomic mass is 10.1. The number of nitrogens with zero attached hydrogens (tertiary/aromatic N) is 3. The van der Waals surface area contributed by atoms with E-state index in [0.717, 1.165) is 22.0 Å². The van der Waals surface area contributed by atoms with Crippen LogP contribution < -0.4 is 4.90 Å². The van der Waals surface area contributed by atoms with Crippen LogP contribution in [0.4, 0.5) is 5.69 Å². The van der Waals surface area contributed by atoms with E-state index in [4.69, 9.17) is 11.6 Å². The van der Waals surface area contributed by atoms with Crippen LogP contribution in [0, 0.1) is 12.8 Å². The zero-order valence-corrected chi connectivity index (χ0v) is 14.0. The molecule has 0 saturated carbocycles. The van der Waals surface area contributed by atoms with Gasteiger partial charge < -0.3 is 4.90 Å². The molecule has 0 saturated heterocycles. The van der Waals surface area contributed by atoms with Crippen molar-refractivity contribution < 1.29 is 4.79 Å². The average Bonchev–Trinajstić information content (AvgIpc) is 2.67. The van der Waals surface area contributed by atoms with Gasteiger partial charge in [-0.25, -0.2) is 4.98 Å². The van der Waals surface area contributed by atoms with Gasteiger partial charge in [-0.3, -0.25) is 9.78 Å². The van der Waals surface area contributed by atoms with Gasteiger partial charge in [0.05, 0.1) is 17.6 Å². The maximum Gasteiger partial charge on any atom is 0.278 e. The molecule has 1 aromatic carbocycles. The van der Waals surface area contributed by atoms with Crippen LogP contribution in [0.5, 0.6) is 0 Å². The summed E-state index contributed by atoms with van der Waals surface area (Å²) in [7, 11) is 0. The lowest BCUT2D eigenvalue weighted by molar-refractivity contribution is 0.0978. The summed E-state index contributed by atoms with van der Waals surface area (Å²) in [6, 6.07) is 5.68. The highest BCUT2D eigenvalue weighted by atomic mass is 35.5. The number of carbonyl (C=O) groups is 1. The Balaban J connectivity index is 2.02. The van der Waals surface area contributed by atoms with Crippen LogP contribution in [0.2, 0.25) is 5.02 Å². The molecule has 0 aliphatic carbocycles. The Hall–Kier alpha value is -1.59. The lowest BCUT2D eigenvalue weighted by Gasteiger charge is -2.24. The Morgan fingerprint density at radius 3 is 2.91 bits per heavy atom. The number of hydrogen-bond acceptors (Lipinski definition) is 4. The number of thioether (sulfide) groups is 1. The second-order valence-corrected chi connectivity index (χ2v) is 6.99. The third-order valence-corrected chi connectivity index (χ3v) is 5.10. The topological polar surface area (TPSA) is 46.1 Å². The number of anilines is 1. The minimum Gasteiger partial charge on any atom is -0.305 e. The fourth-order valence-corrected chi connectivity index (χ4v) is 3.57. The van der Waals surface area contributed by atoms with Gasteiger partial charge in [-0.05, 0) is 31.0 Å². The zero-order valence-electron chi connectivity index (χ0n) is 12.4. The molecular weight excluding hydrogens is 318 g/mol. The summed E-state index contributed by atoms with van der Waals surface area (Å²) in [5.74, 6) is 1.22. The van der Waals surface area contributed by atoms with Crippen LogP contribution in [0.15, 0.2) is 35.5 Å². The van der Waals surface area contributed by atoms with Gasteiger partial charge in [-0.15, -0.1) is 11.8 Å². The molecular formula is C16H16ClN3OS. The Morgan fingerprint density at radius 2 is 2.18 bits per heavy atom. The summed E-state index contributed by atoms with van der Waals surface area (Å²) in [6.45, 7) is 4.64. The molecule has 0 N–H and O–H groups in total. The molecule has 2 aromatic rings. The summed E-state index contributed by atoms with van der Waals surface area (Å²) in [5.41, 5.74) is 2.00. The van der Waals surface area contributed by atoms with E-state index in [1.165, 1.54) is 6.20 Å². The van der Waals surface area contributed by atoms with Gasteiger partial charge >= 0.3 is 0 Å². The van der Waals surface area contributed by atoms with E-state index in [2.05, 4.69) is 16.9 Å². The van der Waals surface area contributed by atoms with Crippen molar-refractivity contribution >= 4 is 35.0 Å². The number of fused-ring (bicyclic) bond motifs is 1. The van der Waals surface area contributed by atoms with Crippen molar-refractivity contribution in [3.05, 3.63) is 47.0 Å². The lowest BCUT2D eigenvalue weighted by Crippen LogP contribution is -2.35. The molecule has 4 nitrogen and oxygen atoms in total. The van der Waals surface area contributed by atoms with E-state index in [1.807, 2.05) is 25.1 Å². The predicted octanol–water partition coefficient (Wildman–Crippen LogP) is 3.83. The van der Waals surface area contributed by atoms with Crippen LogP contribution in [-0.4, -0.2) is 28.2 Å². The monoisotopic (exact) mass is 333 g/mol. The molecule has 0 radical (unpaired) electrons. The maximum atomic E-state index is 12.9. The molecule has 1 aromatic heterocycles. The van der Waals surface area contributed by atoms with Crippen LogP contribution >= 0.6 is 23.4 Å². The molecule has 1 atom stereocenters. The number of halogens is 1. The minimum absolute atomic E-state index is 0.134. The smallest absolute Gasteiger partial charge is 0.278 e. The maximum absolute atomic E-state index is 12.9. The van der Waals surface area contributed by atoms with Crippen molar-refractivity contribution in [3.8, 4) is 0 Å². The fraction of sp³-hybridized carbons (Fsp3) is 0.312. The summed E-state index contributed by atoms with van der Waals surface area (Å²) in [5, 5.41) is 0.627. The van der Waals surface area contributed by atoms with E-state index < -0.39 is 0 Å². The molecule has 22 heavy (non-hydrogen) atoms. The third kappa shape index (κ3) is 3.10. The Kier molecular flexibility index (Phi) is 4.36. The summed E-state index contributed by atoms with van der Waals surface area (Å²) >= 11 is 7.88. The van der Waals surface area contributed by atoms with Crippen molar-refractivity contribution in [3.63, 3.8) is 0 Å². The van der Waals surface area contributed by atoms with Crippen molar-refractivity contribution in [2.24, 2.45) is 5.92 Å². The number of amides is 1. The minimum atomic E-state index is -0.134. The summed E-state index contributed by atoms with van der Waals surface area (Å²) < 4.78 is 0. The molecule has 0 unspecified atom stereocenters. The first-order valence-electron chi connectivity index (χ1n) is 7.07. The van der Waals surface area contributed by atoms with Gasteiger partial charge in [-0.2, -0.15) is 0 Å². The summed E-state index contributed by atoms with van der Waals surface area (Å²) in [6.07, 6.45) is 3.15. The van der Waals surface area contributed by atoms with Crippen molar-refractivity contribution in [2.45, 2.75) is 18.7 Å². The number of hydrogen-bond donors (Lipinski definition) is 0. The van der Waals surface area contributed by atoms with Gasteiger partial charge in [0.2, 0.25) is 0 Å². The molecule has 3 rings (SSSR count). The highest BCUT2D eigenvalue weighted by molar-refractivity contribution is 7.99. The van der Waals surface area contributed by atoms with Crippen LogP contribution in [0.25, 0.3) is 0 Å². The Bertz CT molecular complexity index is 705. The van der Waals surface area contributed by atoms with Gasteiger partial charge in [-0.1, -0.05) is 18.5 Å². The third-order valence-electron chi connectivity index (χ3n) is 3.47. The predicted molar refractivity (Wildman–Crippen MR) is 89.8 cm³/mol. The molecule has 0 spiro atoms. The molecule has 1 aliphatic heterocycles. The number of benzene rings is 1. The van der Waals surface area contributed by atoms with Crippen molar-refractivity contribution in [1.29, 1.82) is 0 Å². The van der Waals surface area contributed by atoms with E-state index in [0.29, 0.717) is 23.2 Å². The standard InChI is InChI=1S/C16H16ClN3OS/c1-10-8-20(16(21)13-7-18-11(2)6-19-13)14-5-12(17)3-4-15(14)22-9-10/h3-7,10H,8-9H2,1-2H3/t10-/m0/s1. The SMILES string of the molecule is Cc1cnc(C(=O)N2C[C@H](C)CSc3ccc(Cl)cc32)cn1. The van der Waals surface area contributed by atoms with Crippen molar-refractivity contribution in [2.75, 3.05) is 17.2 Å². The molecule has 1 aliphatic rings. The molecule has 0 fully saturated rings. The molecule has 6 heteroatoms. The molecule has 0 bridgehead atoms. The first kappa shape index (κ1) is 15.3. The fourth-order valence-electron chi connectivity index (χ4n) is 2.35. The molecule has 1 amide bonds. The first-order chi connectivity index (χ1) is 10.5. The Morgan fingerprint density at radius 1 is 1.36 bits per heavy atom. The Labute approximate surface area is 138 Å². The van der Waals surface area contributed by atoms with Crippen LogP contribution in [0.1, 0.15) is 23.1 Å². The zero-order chi connectivity index (χ0) is 15.7. The second kappa shape index (κ2) is 6.26. The van der Waals surface area contributed by atoms with Crippen molar-refractivity contribution in [1.82, 2.24) is 9.97 Å². The molecule has 114 valence electrons. The highest BCUT2D eigenvalue weighted by Crippen LogP contribution is 2.37. The normalized spacial score (nSPS) is 17.8. The van der Waals surface area contributed by atoms with Gasteiger partial charge in [0.15, 0.2) is 0 Å². The quantitative estimate of drug-likeness (QED) is 0.795. The van der Waals surface area contributed by atoms with Gasteiger partial charge in [0.25, 0.3) is 5.91 Å². The van der Waals surface area contributed by atoms with Crippen LogP contribution in [0.3, 0.4) is 0 Å². The molecule has 2 heterocycles. The van der Waals surface area contributed by atoms with E-state index in [-0.39, 0.29) is 5.91 Å². The second-order valence-electron chi connectivity index (χ2n) is 5.49. The number of aromatic nitrogens is 2.